The third-order valence-electron chi connectivity index (χ3n) is 2.73. The molecule has 14 heavy (non-hydrogen) atoms. The Morgan fingerprint density at radius 1 is 1.57 bits per heavy atom. The summed E-state index contributed by atoms with van der Waals surface area (Å²) in [5, 5.41) is 9.62. The molecule has 3 N–H and O–H groups in total. The van der Waals surface area contributed by atoms with Gasteiger partial charge >= 0.3 is 0 Å². The van der Waals surface area contributed by atoms with E-state index in [4.69, 9.17) is 5.73 Å². The second-order valence-corrected chi connectivity index (χ2v) is 3.86. The van der Waals surface area contributed by atoms with E-state index < -0.39 is 0 Å². The molecular weight excluding hydrogens is 178 g/mol. The average molecular weight is 193 g/mol. The molecule has 2 heterocycles. The van der Waals surface area contributed by atoms with E-state index in [1.165, 1.54) is 0 Å². The molecule has 4 nitrogen and oxygen atoms in total. The lowest BCUT2D eigenvalue weighted by molar-refractivity contribution is 0.157. The second kappa shape index (κ2) is 3.46. The fraction of sp³-hybridized carbons (Fsp3) is 0.500. The van der Waals surface area contributed by atoms with Crippen molar-refractivity contribution in [2.24, 2.45) is 5.92 Å². The SMILES string of the molecule is CC1CN(c2cccnc2N)CC1O. The van der Waals surface area contributed by atoms with Crippen LogP contribution in [0.4, 0.5) is 11.5 Å². The van der Waals surface area contributed by atoms with Gasteiger partial charge in [0.2, 0.25) is 0 Å². The van der Waals surface area contributed by atoms with E-state index in [0.717, 1.165) is 12.2 Å². The van der Waals surface area contributed by atoms with E-state index in [1.54, 1.807) is 6.20 Å². The summed E-state index contributed by atoms with van der Waals surface area (Å²) in [5.74, 6) is 0.836. The summed E-state index contributed by atoms with van der Waals surface area (Å²) in [6.07, 6.45) is 1.42. The number of aromatic nitrogens is 1. The van der Waals surface area contributed by atoms with Gasteiger partial charge in [0.05, 0.1) is 11.8 Å². The first-order valence-corrected chi connectivity index (χ1v) is 4.82. The molecule has 1 aromatic heterocycles. The molecule has 0 saturated carbocycles. The zero-order valence-electron chi connectivity index (χ0n) is 8.22. The molecule has 0 bridgehead atoms. The number of pyridine rings is 1. The van der Waals surface area contributed by atoms with E-state index in [0.29, 0.717) is 18.3 Å². The lowest BCUT2D eigenvalue weighted by Crippen LogP contribution is -2.22. The van der Waals surface area contributed by atoms with Crippen molar-refractivity contribution in [1.82, 2.24) is 4.98 Å². The van der Waals surface area contributed by atoms with Gasteiger partial charge in [0.25, 0.3) is 0 Å². The highest BCUT2D eigenvalue weighted by atomic mass is 16.3. The van der Waals surface area contributed by atoms with E-state index in [-0.39, 0.29) is 6.10 Å². The van der Waals surface area contributed by atoms with Gasteiger partial charge in [0, 0.05) is 25.2 Å². The lowest BCUT2D eigenvalue weighted by Gasteiger charge is -2.18. The van der Waals surface area contributed by atoms with Crippen molar-refractivity contribution < 1.29 is 5.11 Å². The van der Waals surface area contributed by atoms with Gasteiger partial charge in [0.1, 0.15) is 5.82 Å². The molecule has 1 aliphatic heterocycles. The number of nitrogen functional groups attached to an aromatic ring is 1. The van der Waals surface area contributed by atoms with Gasteiger partial charge in [-0.1, -0.05) is 6.92 Å². The van der Waals surface area contributed by atoms with Crippen LogP contribution in [-0.2, 0) is 0 Å². The number of hydrogen-bond donors (Lipinski definition) is 2. The fourth-order valence-corrected chi connectivity index (χ4v) is 1.82. The van der Waals surface area contributed by atoms with Crippen LogP contribution in [0.1, 0.15) is 6.92 Å². The molecule has 76 valence electrons. The van der Waals surface area contributed by atoms with Crippen molar-refractivity contribution in [2.75, 3.05) is 23.7 Å². The normalized spacial score (nSPS) is 26.9. The molecular formula is C10H15N3O. The first kappa shape index (κ1) is 9.27. The smallest absolute Gasteiger partial charge is 0.146 e. The molecule has 4 heteroatoms. The third kappa shape index (κ3) is 1.53. The van der Waals surface area contributed by atoms with Crippen LogP contribution in [0, 0.1) is 5.92 Å². The Bertz CT molecular complexity index is 319. The maximum absolute atomic E-state index is 9.62. The largest absolute Gasteiger partial charge is 0.391 e. The minimum Gasteiger partial charge on any atom is -0.391 e. The summed E-state index contributed by atoms with van der Waals surface area (Å²) >= 11 is 0. The maximum Gasteiger partial charge on any atom is 0.146 e. The third-order valence-corrected chi connectivity index (χ3v) is 2.73. The fourth-order valence-electron chi connectivity index (χ4n) is 1.82. The molecule has 0 amide bonds. The van der Waals surface area contributed by atoms with Crippen molar-refractivity contribution in [1.29, 1.82) is 0 Å². The number of hydrogen-bond acceptors (Lipinski definition) is 4. The number of anilines is 2. The van der Waals surface area contributed by atoms with E-state index in [9.17, 15) is 5.11 Å². The monoisotopic (exact) mass is 193 g/mol. The first-order valence-electron chi connectivity index (χ1n) is 4.82. The van der Waals surface area contributed by atoms with Crippen LogP contribution in [-0.4, -0.2) is 29.3 Å². The molecule has 2 unspecified atom stereocenters. The van der Waals surface area contributed by atoms with Crippen LogP contribution in [0.2, 0.25) is 0 Å². The van der Waals surface area contributed by atoms with Crippen LogP contribution < -0.4 is 10.6 Å². The summed E-state index contributed by atoms with van der Waals surface area (Å²) < 4.78 is 0. The summed E-state index contributed by atoms with van der Waals surface area (Å²) in [4.78, 5) is 6.11. The number of aliphatic hydroxyl groups excluding tert-OH is 1. The average Bonchev–Trinajstić information content (AvgIpc) is 2.48. The lowest BCUT2D eigenvalue weighted by atomic mass is 10.1. The number of β-amino-alcohol motifs (C(OH)–C–C–N with tert-alkyl or cyclic N) is 1. The summed E-state index contributed by atoms with van der Waals surface area (Å²) in [6, 6.07) is 3.80. The molecule has 0 aromatic carbocycles. The van der Waals surface area contributed by atoms with Gasteiger partial charge in [-0.2, -0.15) is 0 Å². The number of aliphatic hydroxyl groups is 1. The molecule has 1 fully saturated rings. The van der Waals surface area contributed by atoms with Crippen molar-refractivity contribution in [3.05, 3.63) is 18.3 Å². The number of nitrogens with zero attached hydrogens (tertiary/aromatic N) is 2. The molecule has 2 atom stereocenters. The molecule has 0 aliphatic carbocycles. The van der Waals surface area contributed by atoms with Gasteiger partial charge < -0.3 is 15.7 Å². The summed E-state index contributed by atoms with van der Waals surface area (Å²) in [6.45, 7) is 3.53. The van der Waals surface area contributed by atoms with Crippen LogP contribution in [0.25, 0.3) is 0 Å². The second-order valence-electron chi connectivity index (χ2n) is 3.86. The molecule has 1 aliphatic rings. The topological polar surface area (TPSA) is 62.4 Å². The highest BCUT2D eigenvalue weighted by Gasteiger charge is 2.28. The predicted molar refractivity (Wildman–Crippen MR) is 56.0 cm³/mol. The Morgan fingerprint density at radius 3 is 2.93 bits per heavy atom. The van der Waals surface area contributed by atoms with Gasteiger partial charge in [-0.3, -0.25) is 0 Å². The van der Waals surface area contributed by atoms with Gasteiger partial charge in [-0.05, 0) is 12.1 Å². The Labute approximate surface area is 83.4 Å². The number of nitrogens with two attached hydrogens (primary N) is 1. The standard InChI is InChI=1S/C10H15N3O/c1-7-5-13(6-9(7)14)8-3-2-4-12-10(8)11/h2-4,7,9,14H,5-6H2,1H3,(H2,11,12). The van der Waals surface area contributed by atoms with Crippen molar-refractivity contribution in [3.8, 4) is 0 Å². The van der Waals surface area contributed by atoms with Crippen LogP contribution in [0.5, 0.6) is 0 Å². The van der Waals surface area contributed by atoms with Crippen LogP contribution >= 0.6 is 0 Å². The highest BCUT2D eigenvalue weighted by Crippen LogP contribution is 2.26. The predicted octanol–water partition coefficient (Wildman–Crippen LogP) is 0.481. The molecule has 0 radical (unpaired) electrons. The maximum atomic E-state index is 9.62. The van der Waals surface area contributed by atoms with Gasteiger partial charge in [0.15, 0.2) is 0 Å². The van der Waals surface area contributed by atoms with E-state index >= 15 is 0 Å². The zero-order valence-corrected chi connectivity index (χ0v) is 8.22. The molecule has 2 rings (SSSR count). The van der Waals surface area contributed by atoms with E-state index in [2.05, 4.69) is 9.88 Å². The first-order chi connectivity index (χ1) is 6.68. The minimum atomic E-state index is -0.255. The highest BCUT2D eigenvalue weighted by molar-refractivity contribution is 5.63. The van der Waals surface area contributed by atoms with Crippen molar-refractivity contribution >= 4 is 11.5 Å². The summed E-state index contributed by atoms with van der Waals surface area (Å²) in [7, 11) is 0. The van der Waals surface area contributed by atoms with E-state index in [1.807, 2.05) is 19.1 Å². The Kier molecular flexibility index (Phi) is 2.29. The Morgan fingerprint density at radius 2 is 2.36 bits per heavy atom. The molecule has 1 saturated heterocycles. The van der Waals surface area contributed by atoms with Gasteiger partial charge in [-0.25, -0.2) is 4.98 Å². The van der Waals surface area contributed by atoms with Gasteiger partial charge in [-0.15, -0.1) is 0 Å². The van der Waals surface area contributed by atoms with Crippen LogP contribution in [0.15, 0.2) is 18.3 Å². The Hall–Kier alpha value is -1.29. The zero-order chi connectivity index (χ0) is 10.1. The van der Waals surface area contributed by atoms with Crippen LogP contribution in [0.3, 0.4) is 0 Å². The summed E-state index contributed by atoms with van der Waals surface area (Å²) in [5.41, 5.74) is 6.68. The van der Waals surface area contributed by atoms with Crippen molar-refractivity contribution in [2.45, 2.75) is 13.0 Å². The van der Waals surface area contributed by atoms with Crippen molar-refractivity contribution in [3.63, 3.8) is 0 Å². The molecule has 0 spiro atoms. The Balaban J connectivity index is 2.21. The number of rotatable bonds is 1. The minimum absolute atomic E-state index is 0.255. The molecule has 1 aromatic rings. The quantitative estimate of drug-likeness (QED) is 0.681.